The first-order valence-corrected chi connectivity index (χ1v) is 6.77. The van der Waals surface area contributed by atoms with Gasteiger partial charge in [0, 0.05) is 11.6 Å². The summed E-state index contributed by atoms with van der Waals surface area (Å²) in [5.74, 6) is 0.989. The van der Waals surface area contributed by atoms with Crippen LogP contribution in [0.1, 0.15) is 31.2 Å². The molecule has 0 radical (unpaired) electrons. The lowest BCUT2D eigenvalue weighted by molar-refractivity contribution is 0.117. The Kier molecular flexibility index (Phi) is 7.73. The smallest absolute Gasteiger partial charge is 0.0717 e. The van der Waals surface area contributed by atoms with Crippen molar-refractivity contribution in [3.05, 3.63) is 34.9 Å². The van der Waals surface area contributed by atoms with E-state index in [1.165, 1.54) is 19.3 Å². The fourth-order valence-corrected chi connectivity index (χ4v) is 1.92. The molecule has 0 fully saturated rings. The van der Waals surface area contributed by atoms with E-state index >= 15 is 0 Å². The van der Waals surface area contributed by atoms with Crippen LogP contribution in [0.4, 0.5) is 0 Å². The largest absolute Gasteiger partial charge is 0.377 e. The Balaban J connectivity index is 2.03. The molecule has 0 saturated heterocycles. The minimum atomic E-state index is 0.660. The van der Waals surface area contributed by atoms with Gasteiger partial charge in [0.15, 0.2) is 0 Å². The average Bonchev–Trinajstić information content (AvgIpc) is 2.28. The Bertz CT molecular complexity index is 291. The number of rotatable bonds is 8. The van der Waals surface area contributed by atoms with Crippen molar-refractivity contribution in [3.63, 3.8) is 0 Å². The van der Waals surface area contributed by atoms with Gasteiger partial charge in [0.05, 0.1) is 6.61 Å². The molecular weight excluding hydrogens is 240 g/mol. The number of halogens is 1. The van der Waals surface area contributed by atoms with E-state index in [1.807, 2.05) is 24.3 Å². The molecular formula is C13H19ClOS. The second-order valence-electron chi connectivity index (χ2n) is 3.82. The first-order chi connectivity index (χ1) is 7.83. The van der Waals surface area contributed by atoms with E-state index < -0.39 is 0 Å². The fraction of sp³-hybridized carbons (Fsp3) is 0.538. The number of thiol groups is 1. The molecule has 1 aromatic carbocycles. The minimum absolute atomic E-state index is 0.660. The van der Waals surface area contributed by atoms with E-state index in [4.69, 9.17) is 16.3 Å². The van der Waals surface area contributed by atoms with Crippen molar-refractivity contribution in [2.45, 2.75) is 32.3 Å². The van der Waals surface area contributed by atoms with Gasteiger partial charge in [-0.3, -0.25) is 0 Å². The summed E-state index contributed by atoms with van der Waals surface area (Å²) in [5.41, 5.74) is 1.14. The third-order valence-corrected chi connectivity index (χ3v) is 2.91. The topological polar surface area (TPSA) is 9.23 Å². The number of benzene rings is 1. The van der Waals surface area contributed by atoms with Gasteiger partial charge in [-0.2, -0.15) is 12.6 Å². The van der Waals surface area contributed by atoms with Crippen LogP contribution in [-0.4, -0.2) is 12.4 Å². The molecule has 3 heteroatoms. The molecule has 0 unspecified atom stereocenters. The predicted octanol–water partition coefficient (Wildman–Crippen LogP) is 4.35. The van der Waals surface area contributed by atoms with Gasteiger partial charge < -0.3 is 4.74 Å². The lowest BCUT2D eigenvalue weighted by atomic mass is 10.2. The molecule has 0 atom stereocenters. The van der Waals surface area contributed by atoms with E-state index in [-0.39, 0.29) is 0 Å². The summed E-state index contributed by atoms with van der Waals surface area (Å²) in [6, 6.07) is 7.81. The maximum atomic E-state index is 5.88. The van der Waals surface area contributed by atoms with Crippen molar-refractivity contribution in [2.75, 3.05) is 12.4 Å². The monoisotopic (exact) mass is 258 g/mol. The quantitative estimate of drug-likeness (QED) is 0.539. The average molecular weight is 259 g/mol. The van der Waals surface area contributed by atoms with Crippen molar-refractivity contribution < 1.29 is 4.74 Å². The summed E-state index contributed by atoms with van der Waals surface area (Å²) < 4.78 is 5.58. The molecule has 0 spiro atoms. The van der Waals surface area contributed by atoms with E-state index in [9.17, 15) is 0 Å². The van der Waals surface area contributed by atoms with Crippen molar-refractivity contribution in [3.8, 4) is 0 Å². The SMILES string of the molecule is SCCCCCCOCc1cccc(Cl)c1. The van der Waals surface area contributed by atoms with Crippen LogP contribution in [0.3, 0.4) is 0 Å². The molecule has 90 valence electrons. The summed E-state index contributed by atoms with van der Waals surface area (Å²) >= 11 is 10.1. The molecule has 0 saturated carbocycles. The van der Waals surface area contributed by atoms with E-state index in [2.05, 4.69) is 12.6 Å². The van der Waals surface area contributed by atoms with E-state index in [1.54, 1.807) is 0 Å². The number of unbranched alkanes of at least 4 members (excludes halogenated alkanes) is 3. The fourth-order valence-electron chi connectivity index (χ4n) is 1.49. The number of hydrogen-bond donors (Lipinski definition) is 1. The zero-order chi connectivity index (χ0) is 11.6. The minimum Gasteiger partial charge on any atom is -0.377 e. The highest BCUT2D eigenvalue weighted by atomic mass is 35.5. The highest BCUT2D eigenvalue weighted by molar-refractivity contribution is 7.80. The van der Waals surface area contributed by atoms with Gasteiger partial charge in [0.2, 0.25) is 0 Å². The van der Waals surface area contributed by atoms with E-state index in [0.29, 0.717) is 6.61 Å². The van der Waals surface area contributed by atoms with Gasteiger partial charge in [-0.1, -0.05) is 36.6 Å². The maximum absolute atomic E-state index is 5.88. The van der Waals surface area contributed by atoms with Gasteiger partial charge in [-0.05, 0) is 36.3 Å². The van der Waals surface area contributed by atoms with Crippen LogP contribution in [0.5, 0.6) is 0 Å². The van der Waals surface area contributed by atoms with Crippen molar-refractivity contribution in [1.82, 2.24) is 0 Å². The first kappa shape index (κ1) is 13.9. The summed E-state index contributed by atoms with van der Waals surface area (Å²) in [4.78, 5) is 0. The summed E-state index contributed by atoms with van der Waals surface area (Å²) in [7, 11) is 0. The van der Waals surface area contributed by atoms with Gasteiger partial charge in [0.1, 0.15) is 0 Å². The normalized spacial score (nSPS) is 10.6. The molecule has 0 aliphatic carbocycles. The summed E-state index contributed by atoms with van der Waals surface area (Å²) in [5, 5.41) is 0.773. The predicted molar refractivity (Wildman–Crippen MR) is 73.4 cm³/mol. The molecule has 1 rings (SSSR count). The molecule has 16 heavy (non-hydrogen) atoms. The first-order valence-electron chi connectivity index (χ1n) is 5.76. The maximum Gasteiger partial charge on any atom is 0.0717 e. The third kappa shape index (κ3) is 6.41. The molecule has 1 nitrogen and oxygen atoms in total. The Hall–Kier alpha value is -0.180. The number of ether oxygens (including phenoxy) is 1. The van der Waals surface area contributed by atoms with Crippen LogP contribution < -0.4 is 0 Å². The van der Waals surface area contributed by atoms with Crippen LogP contribution in [0, 0.1) is 0 Å². The van der Waals surface area contributed by atoms with Gasteiger partial charge >= 0.3 is 0 Å². The van der Waals surface area contributed by atoms with Crippen molar-refractivity contribution >= 4 is 24.2 Å². The highest BCUT2D eigenvalue weighted by Gasteiger charge is 1.95. The molecule has 1 aromatic rings. The Morgan fingerprint density at radius 1 is 1.12 bits per heavy atom. The van der Waals surface area contributed by atoms with Crippen LogP contribution in [-0.2, 0) is 11.3 Å². The lowest BCUT2D eigenvalue weighted by Crippen LogP contribution is -1.95. The van der Waals surface area contributed by atoms with Crippen molar-refractivity contribution in [1.29, 1.82) is 0 Å². The molecule has 0 aliphatic rings. The highest BCUT2D eigenvalue weighted by Crippen LogP contribution is 2.11. The second kappa shape index (κ2) is 8.91. The summed E-state index contributed by atoms with van der Waals surface area (Å²) in [6.07, 6.45) is 4.83. The Morgan fingerprint density at radius 3 is 2.69 bits per heavy atom. The van der Waals surface area contributed by atoms with E-state index in [0.717, 1.165) is 29.4 Å². The Labute approximate surface area is 109 Å². The molecule has 0 bridgehead atoms. The number of hydrogen-bond acceptors (Lipinski definition) is 2. The molecule has 0 heterocycles. The second-order valence-corrected chi connectivity index (χ2v) is 4.70. The van der Waals surface area contributed by atoms with Gasteiger partial charge in [-0.15, -0.1) is 0 Å². The van der Waals surface area contributed by atoms with Gasteiger partial charge in [-0.25, -0.2) is 0 Å². The van der Waals surface area contributed by atoms with Crippen LogP contribution in [0.25, 0.3) is 0 Å². The molecule has 0 amide bonds. The third-order valence-electron chi connectivity index (χ3n) is 2.35. The zero-order valence-corrected chi connectivity index (χ0v) is 11.1. The summed E-state index contributed by atoms with van der Waals surface area (Å²) in [6.45, 7) is 1.49. The van der Waals surface area contributed by atoms with Crippen LogP contribution in [0.2, 0.25) is 5.02 Å². The molecule has 0 aromatic heterocycles. The van der Waals surface area contributed by atoms with Crippen LogP contribution >= 0.6 is 24.2 Å². The van der Waals surface area contributed by atoms with Gasteiger partial charge in [0.25, 0.3) is 0 Å². The Morgan fingerprint density at radius 2 is 1.94 bits per heavy atom. The lowest BCUT2D eigenvalue weighted by Gasteiger charge is -2.04. The molecule has 0 aliphatic heterocycles. The van der Waals surface area contributed by atoms with Crippen molar-refractivity contribution in [2.24, 2.45) is 0 Å². The van der Waals surface area contributed by atoms with Crippen LogP contribution in [0.15, 0.2) is 24.3 Å². The zero-order valence-electron chi connectivity index (χ0n) is 9.49. The molecule has 0 N–H and O–H groups in total. The standard InChI is InChI=1S/C13H19ClOS/c14-13-7-5-6-12(10-13)11-15-8-3-1-2-4-9-16/h5-7,10,16H,1-4,8-9,11H2.